The smallest absolute Gasteiger partial charge is 0.253 e. The van der Waals surface area contributed by atoms with Crippen LogP contribution in [0.3, 0.4) is 0 Å². The average molecular weight is 611 g/mol. The monoisotopic (exact) mass is 610 g/mol. The summed E-state index contributed by atoms with van der Waals surface area (Å²) in [5, 5.41) is 13.8. The van der Waals surface area contributed by atoms with Gasteiger partial charge in [-0.2, -0.15) is 0 Å². The number of imidazole rings is 2. The largest absolute Gasteiger partial charge is 0.505 e. The fourth-order valence-electron chi connectivity index (χ4n) is 5.04. The highest BCUT2D eigenvalue weighted by atomic mass is 32.1. The molecule has 3 aromatic carbocycles. The lowest BCUT2D eigenvalue weighted by molar-refractivity contribution is 0.0819. The standard InChI is InChI=1S/C23H23N3O3S.C10H11N3O/c1-13-24-21-18(26(13)4)11-16(23(29)25(2)3)15(22(21)28)9-10-19(27)17-12-30-20-8-6-5-7-14(17)20;1-13(2)10(14)7-3-4-8-9(5-7)12-6-11-8/h5-8,11-12,28H,9-10H2,1-4H3;3-6H,1-2H3,(H,11,12). The summed E-state index contributed by atoms with van der Waals surface area (Å²) in [7, 11) is 8.66. The highest BCUT2D eigenvalue weighted by molar-refractivity contribution is 7.17. The van der Waals surface area contributed by atoms with Crippen LogP contribution in [0.2, 0.25) is 0 Å². The number of Topliss-reactive ketones (excluding diaryl/α,β-unsaturated/α-hetero) is 1. The minimum Gasteiger partial charge on any atom is -0.505 e. The quantitative estimate of drug-likeness (QED) is 0.237. The number of phenols is 1. The molecule has 0 aliphatic carbocycles. The number of fused-ring (bicyclic) bond motifs is 3. The van der Waals surface area contributed by atoms with Crippen molar-refractivity contribution in [2.24, 2.45) is 7.05 Å². The predicted molar refractivity (Wildman–Crippen MR) is 174 cm³/mol. The molecule has 6 aromatic rings. The van der Waals surface area contributed by atoms with Crippen LogP contribution in [0, 0.1) is 6.92 Å². The number of aromatic hydroxyl groups is 1. The molecule has 3 aromatic heterocycles. The van der Waals surface area contributed by atoms with E-state index in [0.29, 0.717) is 33.3 Å². The van der Waals surface area contributed by atoms with Gasteiger partial charge in [-0.1, -0.05) is 18.2 Å². The number of rotatable bonds is 6. The molecule has 3 heterocycles. The van der Waals surface area contributed by atoms with E-state index in [1.807, 2.05) is 60.3 Å². The summed E-state index contributed by atoms with van der Waals surface area (Å²) in [5.41, 5.74) is 5.13. The minimum atomic E-state index is -0.213. The van der Waals surface area contributed by atoms with Gasteiger partial charge in [-0.15, -0.1) is 11.3 Å². The summed E-state index contributed by atoms with van der Waals surface area (Å²) in [6.45, 7) is 1.84. The molecule has 226 valence electrons. The van der Waals surface area contributed by atoms with Crippen molar-refractivity contribution >= 4 is 61.1 Å². The highest BCUT2D eigenvalue weighted by Crippen LogP contribution is 2.34. The Morgan fingerprint density at radius 2 is 1.70 bits per heavy atom. The van der Waals surface area contributed by atoms with Crippen LogP contribution in [0.1, 0.15) is 48.9 Å². The van der Waals surface area contributed by atoms with Gasteiger partial charge < -0.3 is 24.5 Å². The van der Waals surface area contributed by atoms with Crippen molar-refractivity contribution < 1.29 is 19.5 Å². The highest BCUT2D eigenvalue weighted by Gasteiger charge is 2.23. The maximum Gasteiger partial charge on any atom is 0.253 e. The van der Waals surface area contributed by atoms with Crippen LogP contribution in [-0.2, 0) is 13.5 Å². The number of nitrogens with zero attached hydrogens (tertiary/aromatic N) is 5. The second-order valence-electron chi connectivity index (χ2n) is 10.9. The number of amides is 2. The zero-order chi connectivity index (χ0) is 31.7. The predicted octanol–water partition coefficient (Wildman–Crippen LogP) is 5.58. The Morgan fingerprint density at radius 1 is 0.977 bits per heavy atom. The van der Waals surface area contributed by atoms with Gasteiger partial charge in [0.25, 0.3) is 11.8 Å². The van der Waals surface area contributed by atoms with Gasteiger partial charge in [-0.05, 0) is 43.7 Å². The fraction of sp³-hybridized carbons (Fsp3) is 0.242. The van der Waals surface area contributed by atoms with E-state index in [-0.39, 0.29) is 36.2 Å². The van der Waals surface area contributed by atoms with Crippen LogP contribution >= 0.6 is 11.3 Å². The molecule has 0 saturated heterocycles. The van der Waals surface area contributed by atoms with Crippen molar-refractivity contribution in [2.75, 3.05) is 28.2 Å². The number of benzene rings is 3. The number of aromatic nitrogens is 4. The van der Waals surface area contributed by atoms with Gasteiger partial charge in [0, 0.05) is 79.4 Å². The Kier molecular flexibility index (Phi) is 8.50. The van der Waals surface area contributed by atoms with Crippen molar-refractivity contribution in [1.29, 1.82) is 0 Å². The van der Waals surface area contributed by atoms with Crippen LogP contribution in [-0.4, -0.2) is 80.2 Å². The number of aromatic amines is 1. The summed E-state index contributed by atoms with van der Waals surface area (Å²) < 4.78 is 2.91. The summed E-state index contributed by atoms with van der Waals surface area (Å²) in [6, 6.07) is 15.0. The summed E-state index contributed by atoms with van der Waals surface area (Å²) >= 11 is 1.54. The molecule has 2 amide bonds. The van der Waals surface area contributed by atoms with E-state index in [1.165, 1.54) is 4.90 Å². The Bertz CT molecular complexity index is 2030. The van der Waals surface area contributed by atoms with Gasteiger partial charge in [0.15, 0.2) is 5.78 Å². The van der Waals surface area contributed by atoms with Gasteiger partial charge in [0.1, 0.15) is 17.1 Å². The van der Waals surface area contributed by atoms with Crippen molar-refractivity contribution in [2.45, 2.75) is 19.8 Å². The number of nitrogens with one attached hydrogen (secondary N) is 1. The minimum absolute atomic E-state index is 0.00139. The number of carbonyl (C=O) groups excluding carboxylic acids is 3. The lowest BCUT2D eigenvalue weighted by atomic mass is 9.96. The second-order valence-corrected chi connectivity index (χ2v) is 11.9. The van der Waals surface area contributed by atoms with Crippen LogP contribution in [0.5, 0.6) is 5.75 Å². The van der Waals surface area contributed by atoms with Crippen LogP contribution in [0.4, 0.5) is 0 Å². The molecule has 2 N–H and O–H groups in total. The first-order valence-electron chi connectivity index (χ1n) is 14.0. The van der Waals surface area contributed by atoms with Gasteiger partial charge in [-0.25, -0.2) is 9.97 Å². The molecular weight excluding hydrogens is 576 g/mol. The molecule has 0 bridgehead atoms. The number of phenolic OH excluding ortho intramolecular Hbond substituents is 1. The second kappa shape index (κ2) is 12.3. The van der Waals surface area contributed by atoms with Crippen LogP contribution in [0.25, 0.3) is 32.2 Å². The third-order valence-electron chi connectivity index (χ3n) is 7.57. The van der Waals surface area contributed by atoms with Gasteiger partial charge in [0.05, 0.1) is 22.9 Å². The molecule has 6 rings (SSSR count). The summed E-state index contributed by atoms with van der Waals surface area (Å²) in [4.78, 5) is 51.9. The van der Waals surface area contributed by atoms with E-state index in [9.17, 15) is 19.5 Å². The maximum absolute atomic E-state index is 13.0. The average Bonchev–Trinajstić information content (AvgIpc) is 3.73. The molecule has 10 nitrogen and oxygen atoms in total. The van der Waals surface area contributed by atoms with Crippen molar-refractivity contribution in [3.8, 4) is 5.75 Å². The number of thiophene rings is 1. The lowest BCUT2D eigenvalue weighted by Gasteiger charge is -2.16. The SMILES string of the molecule is CN(C)C(=O)c1ccc2nc[nH]c2c1.Cc1nc2c(O)c(CCC(=O)c3csc4ccccc34)c(C(=O)N(C)C)cc2n1C. The van der Waals surface area contributed by atoms with E-state index in [1.54, 1.807) is 62.9 Å². The van der Waals surface area contributed by atoms with Gasteiger partial charge in [0.2, 0.25) is 0 Å². The molecule has 0 aliphatic rings. The number of ketones is 1. The van der Waals surface area contributed by atoms with Gasteiger partial charge in [-0.3, -0.25) is 14.4 Å². The first-order chi connectivity index (χ1) is 21.0. The van der Waals surface area contributed by atoms with E-state index < -0.39 is 0 Å². The molecule has 0 unspecified atom stereocenters. The molecule has 0 spiro atoms. The molecule has 44 heavy (non-hydrogen) atoms. The van der Waals surface area contributed by atoms with Crippen LogP contribution in [0.15, 0.2) is 60.2 Å². The van der Waals surface area contributed by atoms with Gasteiger partial charge >= 0.3 is 0 Å². The molecule has 0 atom stereocenters. The molecular formula is C33H34N6O4S. The Labute approximate surface area is 258 Å². The lowest BCUT2D eigenvalue weighted by Crippen LogP contribution is -2.23. The normalized spacial score (nSPS) is 11.0. The zero-order valence-electron chi connectivity index (χ0n) is 25.5. The Morgan fingerprint density at radius 3 is 2.43 bits per heavy atom. The topological polar surface area (TPSA) is 124 Å². The molecule has 0 aliphatic heterocycles. The van der Waals surface area contributed by atoms with Crippen LogP contribution < -0.4 is 0 Å². The number of hydrogen-bond donors (Lipinski definition) is 2. The van der Waals surface area contributed by atoms with E-state index in [2.05, 4.69) is 15.0 Å². The first-order valence-corrected chi connectivity index (χ1v) is 14.9. The Hall–Kier alpha value is -5.03. The van der Waals surface area contributed by atoms with Crippen molar-refractivity contribution in [3.63, 3.8) is 0 Å². The molecule has 0 saturated carbocycles. The number of H-pyrrole nitrogens is 1. The molecule has 0 radical (unpaired) electrons. The number of hydrogen-bond acceptors (Lipinski definition) is 7. The molecule has 0 fully saturated rings. The van der Waals surface area contributed by atoms with Crippen molar-refractivity contribution in [3.05, 3.63) is 88.3 Å². The van der Waals surface area contributed by atoms with Crippen molar-refractivity contribution in [1.82, 2.24) is 29.3 Å². The summed E-state index contributed by atoms with van der Waals surface area (Å²) in [5.74, 6) is 0.495. The third kappa shape index (κ3) is 5.78. The molecule has 11 heteroatoms. The van der Waals surface area contributed by atoms with E-state index in [4.69, 9.17) is 0 Å². The summed E-state index contributed by atoms with van der Waals surface area (Å²) in [6.07, 6.45) is 2.07. The van der Waals surface area contributed by atoms with E-state index >= 15 is 0 Å². The Balaban J connectivity index is 0.000000229. The zero-order valence-corrected chi connectivity index (χ0v) is 26.3. The number of carbonyl (C=O) groups is 3. The first kappa shape index (κ1) is 30.4. The third-order valence-corrected chi connectivity index (χ3v) is 8.54. The fourth-order valence-corrected chi connectivity index (χ4v) is 6.00. The maximum atomic E-state index is 13.0. The number of aryl methyl sites for hydroxylation is 2. The van der Waals surface area contributed by atoms with E-state index in [0.717, 1.165) is 26.9 Å².